The molecule has 2 N–H and O–H groups in total. The van der Waals surface area contributed by atoms with Gasteiger partial charge in [-0.2, -0.15) is 4.39 Å². The number of fused-ring (bicyclic) bond motifs is 1. The lowest BCUT2D eigenvalue weighted by molar-refractivity contribution is 0.0670. The summed E-state index contributed by atoms with van der Waals surface area (Å²) in [6, 6.07) is 5.29. The first-order valence-corrected chi connectivity index (χ1v) is 9.08. The molecule has 4 heterocycles. The lowest BCUT2D eigenvalue weighted by atomic mass is 9.96. The molecule has 1 amide bonds. The molecule has 3 aromatic rings. The number of nitrogens with zero attached hydrogens (tertiary/aromatic N) is 6. The number of aryl methyl sites for hydroxylation is 1. The number of piperidine rings is 1. The monoisotopic (exact) mass is 371 g/mol. The van der Waals surface area contributed by atoms with Gasteiger partial charge in [-0.1, -0.05) is 11.3 Å². The van der Waals surface area contributed by atoms with E-state index in [-0.39, 0.29) is 11.6 Å². The van der Waals surface area contributed by atoms with Crippen molar-refractivity contribution < 1.29 is 9.18 Å². The predicted octanol–water partition coefficient (Wildman–Crippen LogP) is 1.38. The van der Waals surface area contributed by atoms with Crippen molar-refractivity contribution in [3.63, 3.8) is 0 Å². The van der Waals surface area contributed by atoms with E-state index >= 15 is 0 Å². The Morgan fingerprint density at radius 3 is 2.78 bits per heavy atom. The molecule has 0 bridgehead atoms. The van der Waals surface area contributed by atoms with Crippen molar-refractivity contribution in [3.8, 4) is 0 Å². The molecule has 0 unspecified atom stereocenters. The summed E-state index contributed by atoms with van der Waals surface area (Å²) in [5.74, 6) is -0.540. The van der Waals surface area contributed by atoms with E-state index in [1.807, 2.05) is 6.20 Å². The molecule has 8 nitrogen and oxygen atoms in total. The Morgan fingerprint density at radius 1 is 1.33 bits per heavy atom. The van der Waals surface area contributed by atoms with Gasteiger partial charge in [0.05, 0.1) is 5.69 Å². The van der Waals surface area contributed by atoms with Crippen molar-refractivity contribution in [3.05, 3.63) is 47.4 Å². The van der Waals surface area contributed by atoms with Gasteiger partial charge >= 0.3 is 0 Å². The number of amides is 1. The maximum absolute atomic E-state index is 14.7. The van der Waals surface area contributed by atoms with Crippen LogP contribution in [-0.4, -0.2) is 48.3 Å². The van der Waals surface area contributed by atoms with Crippen molar-refractivity contribution in [2.45, 2.75) is 32.9 Å². The fourth-order valence-corrected chi connectivity index (χ4v) is 3.60. The van der Waals surface area contributed by atoms with Gasteiger partial charge in [0.2, 0.25) is 5.95 Å². The molecule has 0 aliphatic carbocycles. The van der Waals surface area contributed by atoms with Crippen molar-refractivity contribution in [1.29, 1.82) is 0 Å². The first-order valence-electron chi connectivity index (χ1n) is 9.08. The summed E-state index contributed by atoms with van der Waals surface area (Å²) >= 11 is 0. The average molecular weight is 371 g/mol. The summed E-state index contributed by atoms with van der Waals surface area (Å²) in [6.45, 7) is 4.06. The normalized spacial score (nSPS) is 15.6. The van der Waals surface area contributed by atoms with Crippen LogP contribution in [0.1, 0.15) is 34.7 Å². The molecule has 142 valence electrons. The number of aromatic nitrogens is 5. The van der Waals surface area contributed by atoms with Crippen LogP contribution in [0.3, 0.4) is 0 Å². The second-order valence-corrected chi connectivity index (χ2v) is 6.98. The Morgan fingerprint density at radius 2 is 2.11 bits per heavy atom. The van der Waals surface area contributed by atoms with Crippen molar-refractivity contribution in [1.82, 2.24) is 29.3 Å². The van der Waals surface area contributed by atoms with Gasteiger partial charge in [0.25, 0.3) is 5.91 Å². The first kappa shape index (κ1) is 17.6. The molecular formula is C18H22FN7O. The van der Waals surface area contributed by atoms with Crippen LogP contribution in [-0.2, 0) is 13.1 Å². The zero-order chi connectivity index (χ0) is 19.0. The molecule has 1 saturated heterocycles. The zero-order valence-corrected chi connectivity index (χ0v) is 15.2. The maximum Gasteiger partial charge on any atom is 0.277 e. The Labute approximate surface area is 155 Å². The molecular weight excluding hydrogens is 349 g/mol. The third kappa shape index (κ3) is 3.30. The molecule has 1 aliphatic rings. The third-order valence-corrected chi connectivity index (χ3v) is 5.13. The fourth-order valence-electron chi connectivity index (χ4n) is 3.60. The van der Waals surface area contributed by atoms with Gasteiger partial charge in [0, 0.05) is 38.1 Å². The Hall–Kier alpha value is -2.81. The van der Waals surface area contributed by atoms with Crippen molar-refractivity contribution in [2.24, 2.45) is 11.7 Å². The van der Waals surface area contributed by atoms with Crippen LogP contribution in [0.2, 0.25) is 0 Å². The third-order valence-electron chi connectivity index (χ3n) is 5.13. The lowest BCUT2D eigenvalue weighted by Crippen LogP contribution is -2.39. The summed E-state index contributed by atoms with van der Waals surface area (Å²) in [7, 11) is 0. The highest BCUT2D eigenvalue weighted by molar-refractivity contribution is 5.93. The standard InChI is InChI=1S/C18H22FN7O/c1-12-3-2-4-15-21-16(17(19)26(12)15)18(27)24-7-5-13(6-8-24)10-25-11-14(9-20)22-23-25/h2-4,11,13H,5-10,20H2,1H3. The van der Waals surface area contributed by atoms with E-state index in [2.05, 4.69) is 15.3 Å². The number of likely N-dealkylation sites (tertiary alicyclic amines) is 1. The van der Waals surface area contributed by atoms with Gasteiger partial charge in [-0.05, 0) is 37.8 Å². The minimum atomic E-state index is -0.591. The first-order chi connectivity index (χ1) is 13.1. The van der Waals surface area contributed by atoms with Crippen LogP contribution in [0.25, 0.3) is 5.65 Å². The molecule has 4 rings (SSSR count). The van der Waals surface area contributed by atoms with Gasteiger partial charge in [0.15, 0.2) is 5.69 Å². The topological polar surface area (TPSA) is 94.3 Å². The van der Waals surface area contributed by atoms with Crippen LogP contribution in [0, 0.1) is 18.8 Å². The van der Waals surface area contributed by atoms with Crippen molar-refractivity contribution in [2.75, 3.05) is 13.1 Å². The largest absolute Gasteiger partial charge is 0.337 e. The molecule has 0 atom stereocenters. The van der Waals surface area contributed by atoms with E-state index in [9.17, 15) is 9.18 Å². The Balaban J connectivity index is 1.43. The minimum Gasteiger partial charge on any atom is -0.337 e. The van der Waals surface area contributed by atoms with E-state index in [0.29, 0.717) is 36.9 Å². The highest BCUT2D eigenvalue weighted by Gasteiger charge is 2.28. The van der Waals surface area contributed by atoms with Gasteiger partial charge in [-0.25, -0.2) is 4.98 Å². The van der Waals surface area contributed by atoms with E-state index in [1.54, 1.807) is 34.7 Å². The van der Waals surface area contributed by atoms with Crippen molar-refractivity contribution >= 4 is 11.6 Å². The summed E-state index contributed by atoms with van der Waals surface area (Å²) in [5, 5.41) is 8.06. The SMILES string of the molecule is Cc1cccc2nc(C(=O)N3CCC(Cn4cc(CN)nn4)CC3)c(F)n12. The number of rotatable bonds is 4. The number of nitrogens with two attached hydrogens (primary N) is 1. The molecule has 0 saturated carbocycles. The van der Waals surface area contributed by atoms with E-state index in [4.69, 9.17) is 5.73 Å². The number of pyridine rings is 1. The predicted molar refractivity (Wildman–Crippen MR) is 96.4 cm³/mol. The molecule has 1 fully saturated rings. The quantitative estimate of drug-likeness (QED) is 0.748. The number of carbonyl (C=O) groups excluding carboxylic acids is 1. The summed E-state index contributed by atoms with van der Waals surface area (Å²) in [4.78, 5) is 18.7. The molecule has 9 heteroatoms. The van der Waals surface area contributed by atoms with Crippen LogP contribution in [0.4, 0.5) is 4.39 Å². The average Bonchev–Trinajstić information content (AvgIpc) is 3.27. The van der Waals surface area contributed by atoms with E-state index in [0.717, 1.165) is 25.1 Å². The number of carbonyl (C=O) groups is 1. The van der Waals surface area contributed by atoms with Gasteiger partial charge in [-0.15, -0.1) is 5.10 Å². The summed E-state index contributed by atoms with van der Waals surface area (Å²) in [6.07, 6.45) is 3.51. The molecule has 27 heavy (non-hydrogen) atoms. The lowest BCUT2D eigenvalue weighted by Gasteiger charge is -2.31. The Bertz CT molecular complexity index is 971. The van der Waals surface area contributed by atoms with Crippen LogP contribution < -0.4 is 5.73 Å². The molecule has 0 radical (unpaired) electrons. The highest BCUT2D eigenvalue weighted by atomic mass is 19.1. The van der Waals surface area contributed by atoms with Gasteiger partial charge in [-0.3, -0.25) is 13.9 Å². The molecule has 3 aromatic heterocycles. The Kier molecular flexibility index (Phi) is 4.61. The number of halogens is 1. The van der Waals surface area contributed by atoms with Crippen LogP contribution in [0.15, 0.2) is 24.4 Å². The zero-order valence-electron chi connectivity index (χ0n) is 15.2. The van der Waals surface area contributed by atoms with E-state index < -0.39 is 5.95 Å². The summed E-state index contributed by atoms with van der Waals surface area (Å²) in [5.41, 5.74) is 7.37. The van der Waals surface area contributed by atoms with Crippen LogP contribution in [0.5, 0.6) is 0 Å². The molecule has 0 spiro atoms. The van der Waals surface area contributed by atoms with Gasteiger partial charge < -0.3 is 10.6 Å². The second kappa shape index (κ2) is 7.07. The number of hydrogen-bond donors (Lipinski definition) is 1. The number of imidazole rings is 1. The van der Waals surface area contributed by atoms with Gasteiger partial charge in [0.1, 0.15) is 5.65 Å². The molecule has 1 aliphatic heterocycles. The number of hydrogen-bond acceptors (Lipinski definition) is 5. The fraction of sp³-hybridized carbons (Fsp3) is 0.444. The second-order valence-electron chi connectivity index (χ2n) is 6.98. The molecule has 0 aromatic carbocycles. The van der Waals surface area contributed by atoms with Crippen LogP contribution >= 0.6 is 0 Å². The van der Waals surface area contributed by atoms with E-state index in [1.165, 1.54) is 4.40 Å². The highest BCUT2D eigenvalue weighted by Crippen LogP contribution is 2.22. The minimum absolute atomic E-state index is 0.105. The maximum atomic E-state index is 14.7. The smallest absolute Gasteiger partial charge is 0.277 e. The summed E-state index contributed by atoms with van der Waals surface area (Å²) < 4.78 is 17.9.